The molecule has 0 aliphatic carbocycles. The fourth-order valence-electron chi connectivity index (χ4n) is 3.99. The van der Waals surface area contributed by atoms with E-state index >= 15 is 0 Å². The van der Waals surface area contributed by atoms with Gasteiger partial charge in [0.05, 0.1) is 0 Å². The van der Waals surface area contributed by atoms with Gasteiger partial charge in [-0.05, 0) is 24.0 Å². The molecular weight excluding hydrogens is 288 g/mol. The molecule has 0 N–H and O–H groups in total. The normalized spacial score (nSPS) is 24.1. The van der Waals surface area contributed by atoms with E-state index in [1.54, 1.807) is 0 Å². The van der Waals surface area contributed by atoms with E-state index in [1.807, 2.05) is 14.2 Å². The van der Waals surface area contributed by atoms with Crippen molar-refractivity contribution in [2.24, 2.45) is 0 Å². The van der Waals surface area contributed by atoms with Gasteiger partial charge in [0.15, 0.2) is 0 Å². The van der Waals surface area contributed by atoms with E-state index in [1.165, 1.54) is 17.5 Å². The molecule has 1 saturated heterocycles. The zero-order chi connectivity index (χ0) is 15.4. The quantitative estimate of drug-likeness (QED) is 0.771. The van der Waals surface area contributed by atoms with Crippen molar-refractivity contribution in [3.8, 4) is 0 Å². The van der Waals surface area contributed by atoms with Gasteiger partial charge >= 0.3 is 8.56 Å². The minimum atomic E-state index is -2.37. The van der Waals surface area contributed by atoms with Crippen molar-refractivity contribution in [3.05, 3.63) is 71.8 Å². The van der Waals surface area contributed by atoms with Gasteiger partial charge in [-0.25, -0.2) is 0 Å². The molecule has 3 rings (SSSR count). The van der Waals surface area contributed by atoms with Gasteiger partial charge in [0.2, 0.25) is 0 Å². The van der Waals surface area contributed by atoms with Crippen molar-refractivity contribution >= 4 is 8.56 Å². The van der Waals surface area contributed by atoms with Crippen LogP contribution >= 0.6 is 0 Å². The first kappa shape index (κ1) is 15.5. The van der Waals surface area contributed by atoms with Crippen LogP contribution in [0.4, 0.5) is 0 Å². The Bertz CT molecular complexity index is 531. The Hall–Kier alpha value is -1.42. The van der Waals surface area contributed by atoms with Crippen LogP contribution in [0.5, 0.6) is 0 Å². The standard InChI is InChI=1S/C19H24O2Si/c1-20-22(21-2)18(16-10-5-3-6-11-16)14-9-15-19(22)17-12-7-4-8-13-17/h3-8,10-13,18-19H,9,14-15H2,1-2H3. The van der Waals surface area contributed by atoms with E-state index in [0.29, 0.717) is 11.1 Å². The average molecular weight is 312 g/mol. The Labute approximate surface area is 134 Å². The topological polar surface area (TPSA) is 18.5 Å². The predicted molar refractivity (Wildman–Crippen MR) is 92.0 cm³/mol. The molecule has 1 fully saturated rings. The SMILES string of the molecule is CO[Si]1(OC)C(c2ccccc2)CCCC1c1ccccc1. The van der Waals surface area contributed by atoms with E-state index in [0.717, 1.165) is 12.8 Å². The molecule has 0 saturated carbocycles. The van der Waals surface area contributed by atoms with E-state index in [4.69, 9.17) is 8.85 Å². The van der Waals surface area contributed by atoms with Gasteiger partial charge in [0.25, 0.3) is 0 Å². The van der Waals surface area contributed by atoms with Crippen molar-refractivity contribution in [2.75, 3.05) is 14.2 Å². The van der Waals surface area contributed by atoms with Crippen molar-refractivity contribution in [1.82, 2.24) is 0 Å². The molecule has 0 bridgehead atoms. The molecule has 0 radical (unpaired) electrons. The van der Waals surface area contributed by atoms with Crippen LogP contribution in [0.15, 0.2) is 60.7 Å². The van der Waals surface area contributed by atoms with Crippen molar-refractivity contribution < 1.29 is 8.85 Å². The summed E-state index contributed by atoms with van der Waals surface area (Å²) < 4.78 is 12.4. The highest BCUT2D eigenvalue weighted by atomic mass is 28.4. The van der Waals surface area contributed by atoms with Crippen LogP contribution in [-0.4, -0.2) is 22.8 Å². The van der Waals surface area contributed by atoms with E-state index in [-0.39, 0.29) is 0 Å². The molecule has 116 valence electrons. The second kappa shape index (κ2) is 6.78. The Balaban J connectivity index is 2.04. The first-order chi connectivity index (χ1) is 10.8. The number of hydrogen-bond donors (Lipinski definition) is 0. The maximum atomic E-state index is 6.18. The Morgan fingerprint density at radius 3 is 1.50 bits per heavy atom. The maximum Gasteiger partial charge on any atom is 0.353 e. The fourth-order valence-corrected chi connectivity index (χ4v) is 8.31. The van der Waals surface area contributed by atoms with Gasteiger partial charge in [0.1, 0.15) is 0 Å². The van der Waals surface area contributed by atoms with Gasteiger partial charge in [-0.1, -0.05) is 67.1 Å². The monoisotopic (exact) mass is 312 g/mol. The van der Waals surface area contributed by atoms with Crippen LogP contribution in [0.3, 0.4) is 0 Å². The van der Waals surface area contributed by atoms with E-state index in [9.17, 15) is 0 Å². The summed E-state index contributed by atoms with van der Waals surface area (Å²) in [5, 5.41) is 0. The van der Waals surface area contributed by atoms with Crippen LogP contribution in [-0.2, 0) is 8.85 Å². The van der Waals surface area contributed by atoms with Crippen LogP contribution in [0.2, 0.25) is 0 Å². The molecule has 2 aromatic carbocycles. The summed E-state index contributed by atoms with van der Waals surface area (Å²) in [6, 6.07) is 21.5. The Morgan fingerprint density at radius 1 is 0.727 bits per heavy atom. The highest BCUT2D eigenvalue weighted by molar-refractivity contribution is 6.70. The third-order valence-corrected chi connectivity index (χ3v) is 9.46. The van der Waals surface area contributed by atoms with Crippen LogP contribution in [0.25, 0.3) is 0 Å². The zero-order valence-corrected chi connectivity index (χ0v) is 14.4. The maximum absolute atomic E-state index is 6.18. The predicted octanol–water partition coefficient (Wildman–Crippen LogP) is 4.55. The Kier molecular flexibility index (Phi) is 4.77. The molecular formula is C19H24O2Si. The second-order valence-electron chi connectivity index (χ2n) is 5.99. The van der Waals surface area contributed by atoms with Gasteiger partial charge in [0, 0.05) is 25.3 Å². The van der Waals surface area contributed by atoms with Crippen LogP contribution in [0, 0.1) is 0 Å². The third-order valence-electron chi connectivity index (χ3n) is 5.00. The molecule has 2 nitrogen and oxygen atoms in total. The lowest BCUT2D eigenvalue weighted by molar-refractivity contribution is 0.201. The summed E-state index contributed by atoms with van der Waals surface area (Å²) in [7, 11) is 1.31. The molecule has 2 unspecified atom stereocenters. The van der Waals surface area contributed by atoms with Gasteiger partial charge in [-0.3, -0.25) is 0 Å². The minimum absolute atomic E-state index is 0.391. The summed E-state index contributed by atoms with van der Waals surface area (Å²) >= 11 is 0. The van der Waals surface area contributed by atoms with E-state index < -0.39 is 8.56 Å². The molecule has 1 aliphatic heterocycles. The molecule has 0 spiro atoms. The summed E-state index contributed by atoms with van der Waals surface area (Å²) in [4.78, 5) is 0. The largest absolute Gasteiger partial charge is 0.397 e. The molecule has 0 amide bonds. The van der Waals surface area contributed by atoms with E-state index in [2.05, 4.69) is 60.7 Å². The average Bonchev–Trinajstić information content (AvgIpc) is 2.62. The van der Waals surface area contributed by atoms with Crippen LogP contribution < -0.4 is 0 Å². The van der Waals surface area contributed by atoms with Gasteiger partial charge in [-0.15, -0.1) is 0 Å². The number of benzene rings is 2. The summed E-state index contributed by atoms with van der Waals surface area (Å²) in [6.45, 7) is 0. The molecule has 1 heterocycles. The summed E-state index contributed by atoms with van der Waals surface area (Å²) in [5.41, 5.74) is 3.50. The van der Waals surface area contributed by atoms with Crippen molar-refractivity contribution in [2.45, 2.75) is 30.3 Å². The molecule has 22 heavy (non-hydrogen) atoms. The lowest BCUT2D eigenvalue weighted by Gasteiger charge is -2.44. The lowest BCUT2D eigenvalue weighted by atomic mass is 10.0. The van der Waals surface area contributed by atoms with Crippen LogP contribution in [0.1, 0.15) is 41.5 Å². The smallest absolute Gasteiger partial charge is 0.353 e. The third kappa shape index (κ3) is 2.65. The fraction of sp³-hybridized carbons (Fsp3) is 0.368. The first-order valence-corrected chi connectivity index (χ1v) is 9.99. The molecule has 2 atom stereocenters. The molecule has 0 aromatic heterocycles. The van der Waals surface area contributed by atoms with Gasteiger partial charge < -0.3 is 8.85 Å². The summed E-state index contributed by atoms with van der Waals surface area (Å²) in [6.07, 6.45) is 3.53. The Morgan fingerprint density at radius 2 is 1.14 bits per heavy atom. The van der Waals surface area contributed by atoms with Gasteiger partial charge in [-0.2, -0.15) is 0 Å². The highest BCUT2D eigenvalue weighted by Crippen LogP contribution is 2.47. The molecule has 2 aromatic rings. The number of rotatable bonds is 4. The lowest BCUT2D eigenvalue weighted by Crippen LogP contribution is -2.54. The summed E-state index contributed by atoms with van der Waals surface area (Å²) in [5.74, 6) is 0. The first-order valence-electron chi connectivity index (χ1n) is 8.02. The molecule has 3 heteroatoms. The second-order valence-corrected chi connectivity index (χ2v) is 9.64. The highest BCUT2D eigenvalue weighted by Gasteiger charge is 2.54. The van der Waals surface area contributed by atoms with Crippen molar-refractivity contribution in [1.29, 1.82) is 0 Å². The van der Waals surface area contributed by atoms with Crippen molar-refractivity contribution in [3.63, 3.8) is 0 Å². The number of hydrogen-bond acceptors (Lipinski definition) is 2. The molecule has 1 aliphatic rings. The zero-order valence-electron chi connectivity index (χ0n) is 13.4. The minimum Gasteiger partial charge on any atom is -0.397 e.